The van der Waals surface area contributed by atoms with Gasteiger partial charge in [0.2, 0.25) is 5.91 Å². The average Bonchev–Trinajstić information content (AvgIpc) is 3.58. The molecule has 1 fully saturated rings. The fourth-order valence-electron chi connectivity index (χ4n) is 4.59. The number of benzene rings is 2. The molecule has 2 aromatic carbocycles. The number of hydrogen-bond acceptors (Lipinski definition) is 7. The van der Waals surface area contributed by atoms with Crippen LogP contribution in [0.15, 0.2) is 83.4 Å². The van der Waals surface area contributed by atoms with Crippen LogP contribution in [0.5, 0.6) is 5.75 Å². The molecule has 1 aliphatic heterocycles. The molecule has 0 bridgehead atoms. The maximum Gasteiger partial charge on any atom is 0.280 e. The maximum atomic E-state index is 12.0. The Bertz CT molecular complexity index is 1540. The first-order chi connectivity index (χ1) is 18.9. The molecule has 0 unspecified atom stereocenters. The molecule has 2 atom stereocenters. The Hall–Kier alpha value is -4.77. The predicted molar refractivity (Wildman–Crippen MR) is 151 cm³/mol. The van der Waals surface area contributed by atoms with Crippen LogP contribution >= 0.6 is 12.2 Å². The van der Waals surface area contributed by atoms with Gasteiger partial charge in [0.15, 0.2) is 5.11 Å². The lowest BCUT2D eigenvalue weighted by atomic mass is 10.0. The Kier molecular flexibility index (Phi) is 7.24. The number of ether oxygens (including phenoxy) is 1. The van der Waals surface area contributed by atoms with Crippen molar-refractivity contribution in [2.45, 2.75) is 25.4 Å². The van der Waals surface area contributed by atoms with Crippen molar-refractivity contribution in [1.29, 1.82) is 0 Å². The average molecular weight is 544 g/mol. The summed E-state index contributed by atoms with van der Waals surface area (Å²) < 4.78 is 11.9. The number of anilines is 2. The number of rotatable bonds is 8. The summed E-state index contributed by atoms with van der Waals surface area (Å²) in [5.41, 5.74) is 2.31. The molecule has 2 aromatic heterocycles. The molecule has 39 heavy (non-hydrogen) atoms. The summed E-state index contributed by atoms with van der Waals surface area (Å²) in [7, 11) is 1.53. The third-order valence-corrected chi connectivity index (χ3v) is 6.76. The largest absolute Gasteiger partial charge is 0.494 e. The Morgan fingerprint density at radius 3 is 2.69 bits per heavy atom. The zero-order chi connectivity index (χ0) is 27.5. The normalized spacial score (nSPS) is 16.6. The lowest BCUT2D eigenvalue weighted by Gasteiger charge is -2.27. The second-order valence-corrected chi connectivity index (χ2v) is 9.15. The number of nitro groups is 1. The van der Waals surface area contributed by atoms with E-state index in [1.165, 1.54) is 13.2 Å². The molecule has 3 heterocycles. The third kappa shape index (κ3) is 5.04. The SMILES string of the molecule is CCC(=O)Nc1ccc(N2C(=S)N[C@H](c3ccccn3)[C@@H]2c2ccc(-c3ccccc3[N+](=O)[O-])o2)cc1OC. The lowest BCUT2D eigenvalue weighted by Crippen LogP contribution is -2.29. The highest BCUT2D eigenvalue weighted by Gasteiger charge is 2.43. The summed E-state index contributed by atoms with van der Waals surface area (Å²) in [6.45, 7) is 1.77. The molecule has 0 spiro atoms. The van der Waals surface area contributed by atoms with Crippen molar-refractivity contribution in [1.82, 2.24) is 10.3 Å². The van der Waals surface area contributed by atoms with E-state index in [9.17, 15) is 14.9 Å². The van der Waals surface area contributed by atoms with Crippen LogP contribution in [0.4, 0.5) is 17.1 Å². The summed E-state index contributed by atoms with van der Waals surface area (Å²) in [4.78, 5) is 29.6. The predicted octanol–water partition coefficient (Wildman–Crippen LogP) is 5.78. The summed E-state index contributed by atoms with van der Waals surface area (Å²) in [5, 5.41) is 18.3. The van der Waals surface area contributed by atoms with E-state index in [4.69, 9.17) is 21.4 Å². The van der Waals surface area contributed by atoms with Gasteiger partial charge in [0.1, 0.15) is 23.3 Å². The van der Waals surface area contributed by atoms with Crippen molar-refractivity contribution >= 4 is 40.3 Å². The van der Waals surface area contributed by atoms with Crippen LogP contribution in [-0.4, -0.2) is 28.0 Å². The molecule has 2 N–H and O–H groups in total. The van der Waals surface area contributed by atoms with Gasteiger partial charge in [0, 0.05) is 30.4 Å². The fourth-order valence-corrected chi connectivity index (χ4v) is 4.94. The van der Waals surface area contributed by atoms with E-state index >= 15 is 0 Å². The zero-order valence-corrected chi connectivity index (χ0v) is 22.0. The minimum Gasteiger partial charge on any atom is -0.494 e. The first-order valence-corrected chi connectivity index (χ1v) is 12.6. The van der Waals surface area contributed by atoms with Gasteiger partial charge in [-0.15, -0.1) is 0 Å². The number of nitrogens with zero attached hydrogens (tertiary/aromatic N) is 3. The molecule has 1 aliphatic rings. The number of aromatic nitrogens is 1. The Labute approximate surface area is 229 Å². The first-order valence-electron chi connectivity index (χ1n) is 12.2. The van der Waals surface area contributed by atoms with E-state index in [0.717, 1.165) is 5.69 Å². The van der Waals surface area contributed by atoms with Crippen LogP contribution in [0.1, 0.15) is 36.9 Å². The number of para-hydroxylation sites is 1. The van der Waals surface area contributed by atoms with Gasteiger partial charge < -0.3 is 24.7 Å². The van der Waals surface area contributed by atoms with E-state index in [1.54, 1.807) is 55.6 Å². The third-order valence-electron chi connectivity index (χ3n) is 6.44. The molecule has 198 valence electrons. The van der Waals surface area contributed by atoms with Crippen molar-refractivity contribution in [3.05, 3.63) is 101 Å². The van der Waals surface area contributed by atoms with Crippen LogP contribution in [0.25, 0.3) is 11.3 Å². The van der Waals surface area contributed by atoms with Gasteiger partial charge in [0.05, 0.1) is 35.0 Å². The zero-order valence-electron chi connectivity index (χ0n) is 21.2. The number of furan rings is 1. The maximum absolute atomic E-state index is 12.0. The monoisotopic (exact) mass is 543 g/mol. The molecule has 4 aromatic rings. The van der Waals surface area contributed by atoms with Crippen molar-refractivity contribution < 1.29 is 18.9 Å². The van der Waals surface area contributed by atoms with E-state index in [2.05, 4.69) is 15.6 Å². The van der Waals surface area contributed by atoms with Crippen molar-refractivity contribution in [2.24, 2.45) is 0 Å². The molecule has 0 aliphatic carbocycles. The molecule has 1 saturated heterocycles. The second-order valence-electron chi connectivity index (χ2n) is 8.76. The van der Waals surface area contributed by atoms with Crippen LogP contribution in [-0.2, 0) is 4.79 Å². The van der Waals surface area contributed by atoms with Gasteiger partial charge in [0.25, 0.3) is 5.69 Å². The number of methoxy groups -OCH3 is 1. The van der Waals surface area contributed by atoms with E-state index in [1.807, 2.05) is 29.2 Å². The van der Waals surface area contributed by atoms with Gasteiger partial charge >= 0.3 is 0 Å². The molecule has 11 heteroatoms. The highest BCUT2D eigenvalue weighted by molar-refractivity contribution is 7.80. The molecular formula is C28H25N5O5S. The Balaban J connectivity index is 1.60. The fraction of sp³-hybridized carbons (Fsp3) is 0.179. The van der Waals surface area contributed by atoms with Crippen molar-refractivity contribution in [3.63, 3.8) is 0 Å². The van der Waals surface area contributed by atoms with Crippen LogP contribution in [0, 0.1) is 10.1 Å². The topological polar surface area (TPSA) is 123 Å². The molecule has 0 radical (unpaired) electrons. The lowest BCUT2D eigenvalue weighted by molar-refractivity contribution is -0.384. The van der Waals surface area contributed by atoms with Crippen LogP contribution < -0.4 is 20.3 Å². The highest BCUT2D eigenvalue weighted by atomic mass is 32.1. The molecule has 5 rings (SSSR count). The van der Waals surface area contributed by atoms with Gasteiger partial charge in [-0.25, -0.2) is 0 Å². The summed E-state index contributed by atoms with van der Waals surface area (Å²) in [6, 6.07) is 20.1. The number of nitro benzene ring substituents is 1. The van der Waals surface area contributed by atoms with Crippen LogP contribution in [0.3, 0.4) is 0 Å². The van der Waals surface area contributed by atoms with E-state index < -0.39 is 11.0 Å². The van der Waals surface area contributed by atoms with Crippen LogP contribution in [0.2, 0.25) is 0 Å². The number of nitrogens with one attached hydrogen (secondary N) is 2. The number of carbonyl (C=O) groups excluding carboxylic acids is 1. The Morgan fingerprint density at radius 1 is 1.18 bits per heavy atom. The molecule has 1 amide bonds. The number of thiocarbonyl (C=S) groups is 1. The summed E-state index contributed by atoms with van der Waals surface area (Å²) in [5.74, 6) is 1.24. The van der Waals surface area contributed by atoms with Gasteiger partial charge in [-0.3, -0.25) is 19.9 Å². The van der Waals surface area contributed by atoms with Crippen molar-refractivity contribution in [2.75, 3.05) is 17.3 Å². The second kappa shape index (κ2) is 10.9. The molecular weight excluding hydrogens is 518 g/mol. The standard InChI is InChI=1S/C28H25N5O5S/c1-3-25(34)30-19-12-11-17(16-24(19)37-2)32-27(26(31-28(32)39)20-9-6-7-15-29-20)23-14-13-22(38-23)18-8-4-5-10-21(18)33(35)36/h4-16,26-27H,3H2,1-2H3,(H,30,34)(H,31,39)/t26-,27+/m1/s1. The number of carbonyl (C=O) groups is 1. The summed E-state index contributed by atoms with van der Waals surface area (Å²) in [6.07, 6.45) is 2.04. The molecule has 0 saturated carbocycles. The van der Waals surface area contributed by atoms with E-state index in [-0.39, 0.29) is 17.6 Å². The van der Waals surface area contributed by atoms with Gasteiger partial charge in [-0.2, -0.15) is 0 Å². The quantitative estimate of drug-likeness (QED) is 0.162. The van der Waals surface area contributed by atoms with Crippen molar-refractivity contribution in [3.8, 4) is 17.1 Å². The molecule has 10 nitrogen and oxygen atoms in total. The van der Waals surface area contributed by atoms with Gasteiger partial charge in [-0.1, -0.05) is 25.1 Å². The minimum atomic E-state index is -0.482. The highest BCUT2D eigenvalue weighted by Crippen LogP contribution is 2.45. The smallest absolute Gasteiger partial charge is 0.280 e. The van der Waals surface area contributed by atoms with E-state index in [0.29, 0.717) is 45.7 Å². The Morgan fingerprint density at radius 2 is 1.97 bits per heavy atom. The van der Waals surface area contributed by atoms with Gasteiger partial charge in [-0.05, 0) is 54.7 Å². The number of hydrogen-bond donors (Lipinski definition) is 2. The summed E-state index contributed by atoms with van der Waals surface area (Å²) >= 11 is 5.78. The first kappa shape index (κ1) is 25.9. The number of pyridine rings is 1. The number of amides is 1. The minimum absolute atomic E-state index is 0.0500.